The number of nitrogens with zero attached hydrogens (tertiary/aromatic N) is 2. The SMILES string of the molecule is COc1ccc(C(O)(CCN(C)CCN(C)Cc2ccccc2)c2ccc(C)cc2)cc1. The maximum Gasteiger partial charge on any atom is 0.118 e. The van der Waals surface area contributed by atoms with Gasteiger partial charge in [0.1, 0.15) is 11.4 Å². The molecule has 0 fully saturated rings. The molecule has 0 radical (unpaired) electrons. The predicted molar refractivity (Wildman–Crippen MR) is 132 cm³/mol. The van der Waals surface area contributed by atoms with Gasteiger partial charge in [-0.2, -0.15) is 0 Å². The highest BCUT2D eigenvalue weighted by Gasteiger charge is 2.31. The molecule has 0 saturated carbocycles. The van der Waals surface area contributed by atoms with Crippen LogP contribution in [-0.4, -0.2) is 55.7 Å². The van der Waals surface area contributed by atoms with E-state index in [1.165, 1.54) is 11.1 Å². The lowest BCUT2D eigenvalue weighted by Crippen LogP contribution is -2.36. The van der Waals surface area contributed by atoms with Gasteiger partial charge in [0.05, 0.1) is 7.11 Å². The first kappa shape index (κ1) is 24.0. The Balaban J connectivity index is 1.64. The van der Waals surface area contributed by atoms with E-state index in [2.05, 4.69) is 73.3 Å². The molecule has 1 atom stereocenters. The zero-order valence-electron chi connectivity index (χ0n) is 19.8. The lowest BCUT2D eigenvalue weighted by Gasteiger charge is -2.32. The summed E-state index contributed by atoms with van der Waals surface area (Å²) in [6.45, 7) is 5.70. The minimum Gasteiger partial charge on any atom is -0.497 e. The van der Waals surface area contributed by atoms with E-state index in [1.807, 2.05) is 36.4 Å². The molecule has 0 aliphatic heterocycles. The molecule has 4 heteroatoms. The monoisotopic (exact) mass is 432 g/mol. The van der Waals surface area contributed by atoms with Gasteiger partial charge >= 0.3 is 0 Å². The zero-order valence-corrected chi connectivity index (χ0v) is 19.8. The fourth-order valence-corrected chi connectivity index (χ4v) is 3.93. The maximum atomic E-state index is 11.9. The molecule has 0 amide bonds. The fourth-order valence-electron chi connectivity index (χ4n) is 3.93. The van der Waals surface area contributed by atoms with Crippen molar-refractivity contribution in [2.45, 2.75) is 25.5 Å². The summed E-state index contributed by atoms with van der Waals surface area (Å²) >= 11 is 0. The summed E-state index contributed by atoms with van der Waals surface area (Å²) in [5, 5.41) is 11.9. The molecule has 0 aliphatic carbocycles. The predicted octanol–water partition coefficient (Wildman–Crippen LogP) is 4.69. The molecule has 170 valence electrons. The van der Waals surface area contributed by atoms with Gasteiger partial charge in [0.2, 0.25) is 0 Å². The summed E-state index contributed by atoms with van der Waals surface area (Å²) in [6, 6.07) is 26.5. The van der Waals surface area contributed by atoms with E-state index in [-0.39, 0.29) is 0 Å². The Bertz CT molecular complexity index is 941. The van der Waals surface area contributed by atoms with Gasteiger partial charge in [-0.25, -0.2) is 0 Å². The van der Waals surface area contributed by atoms with Crippen LogP contribution in [0.15, 0.2) is 78.9 Å². The van der Waals surface area contributed by atoms with Gasteiger partial charge in [0, 0.05) is 26.2 Å². The van der Waals surface area contributed by atoms with E-state index in [9.17, 15) is 5.11 Å². The molecule has 1 unspecified atom stereocenters. The van der Waals surface area contributed by atoms with Gasteiger partial charge in [-0.3, -0.25) is 0 Å². The minimum atomic E-state index is -1.05. The van der Waals surface area contributed by atoms with Crippen molar-refractivity contribution in [3.8, 4) is 5.75 Å². The third-order valence-electron chi connectivity index (χ3n) is 6.11. The number of methoxy groups -OCH3 is 1. The topological polar surface area (TPSA) is 35.9 Å². The normalized spacial score (nSPS) is 13.3. The average Bonchev–Trinajstić information content (AvgIpc) is 2.82. The minimum absolute atomic E-state index is 0.612. The first-order valence-electron chi connectivity index (χ1n) is 11.3. The standard InChI is InChI=1S/C28H36N2O2/c1-23-10-12-25(13-11-23)28(31,26-14-16-27(32-4)17-15-26)18-19-29(2)20-21-30(3)22-24-8-6-5-7-9-24/h5-17,31H,18-22H2,1-4H3. The fraction of sp³-hybridized carbons (Fsp3) is 0.357. The van der Waals surface area contributed by atoms with Crippen molar-refractivity contribution >= 4 is 0 Å². The molecule has 1 N–H and O–H groups in total. The Morgan fingerprint density at radius 3 is 1.91 bits per heavy atom. The molecular weight excluding hydrogens is 396 g/mol. The zero-order chi connectivity index (χ0) is 23.0. The quantitative estimate of drug-likeness (QED) is 0.477. The van der Waals surface area contributed by atoms with Gasteiger partial charge in [-0.05, 0) is 56.3 Å². The Morgan fingerprint density at radius 2 is 1.31 bits per heavy atom. The van der Waals surface area contributed by atoms with Crippen LogP contribution in [0.3, 0.4) is 0 Å². The van der Waals surface area contributed by atoms with Gasteiger partial charge in [-0.1, -0.05) is 72.3 Å². The van der Waals surface area contributed by atoms with Crippen LogP contribution in [0.25, 0.3) is 0 Å². The summed E-state index contributed by atoms with van der Waals surface area (Å²) in [5.74, 6) is 0.790. The number of ether oxygens (including phenoxy) is 1. The summed E-state index contributed by atoms with van der Waals surface area (Å²) in [6.07, 6.45) is 0.612. The average molecular weight is 433 g/mol. The first-order valence-corrected chi connectivity index (χ1v) is 11.3. The molecule has 0 spiro atoms. The first-order chi connectivity index (χ1) is 15.4. The molecule has 0 bridgehead atoms. The summed E-state index contributed by atoms with van der Waals surface area (Å²) in [4.78, 5) is 4.63. The van der Waals surface area contributed by atoms with Crippen LogP contribution in [-0.2, 0) is 12.1 Å². The lowest BCUT2D eigenvalue weighted by molar-refractivity contribution is 0.0594. The van der Waals surface area contributed by atoms with Crippen LogP contribution in [0.1, 0.15) is 28.7 Å². The molecule has 0 heterocycles. The van der Waals surface area contributed by atoms with Gasteiger partial charge in [0.25, 0.3) is 0 Å². The molecule has 32 heavy (non-hydrogen) atoms. The highest BCUT2D eigenvalue weighted by Crippen LogP contribution is 2.34. The van der Waals surface area contributed by atoms with E-state index in [0.717, 1.165) is 43.1 Å². The van der Waals surface area contributed by atoms with E-state index in [0.29, 0.717) is 6.42 Å². The Labute approximate surface area is 193 Å². The van der Waals surface area contributed by atoms with Crippen molar-refractivity contribution in [1.82, 2.24) is 9.80 Å². The second-order valence-electron chi connectivity index (χ2n) is 8.73. The second-order valence-corrected chi connectivity index (χ2v) is 8.73. The van der Waals surface area contributed by atoms with Gasteiger partial charge in [-0.15, -0.1) is 0 Å². The Kier molecular flexibility index (Phi) is 8.46. The Morgan fingerprint density at radius 1 is 0.750 bits per heavy atom. The maximum absolute atomic E-state index is 11.9. The largest absolute Gasteiger partial charge is 0.497 e. The van der Waals surface area contributed by atoms with Crippen LogP contribution in [0.2, 0.25) is 0 Å². The van der Waals surface area contributed by atoms with E-state index >= 15 is 0 Å². The summed E-state index contributed by atoms with van der Waals surface area (Å²) in [5.41, 5.74) is 3.26. The number of aryl methyl sites for hydroxylation is 1. The highest BCUT2D eigenvalue weighted by atomic mass is 16.5. The smallest absolute Gasteiger partial charge is 0.118 e. The number of rotatable bonds is 11. The number of hydrogen-bond acceptors (Lipinski definition) is 4. The molecule has 0 aliphatic rings. The van der Waals surface area contributed by atoms with Crippen LogP contribution in [0.5, 0.6) is 5.75 Å². The van der Waals surface area contributed by atoms with Crippen LogP contribution in [0.4, 0.5) is 0 Å². The summed E-state index contributed by atoms with van der Waals surface area (Å²) < 4.78 is 5.30. The van der Waals surface area contributed by atoms with Gasteiger partial charge in [0.15, 0.2) is 0 Å². The third kappa shape index (κ3) is 6.42. The number of benzene rings is 3. The van der Waals surface area contributed by atoms with Crippen molar-refractivity contribution in [2.24, 2.45) is 0 Å². The van der Waals surface area contributed by atoms with E-state index in [1.54, 1.807) is 7.11 Å². The Hall–Kier alpha value is -2.66. The van der Waals surface area contributed by atoms with Crippen LogP contribution >= 0.6 is 0 Å². The molecule has 3 aromatic carbocycles. The van der Waals surface area contributed by atoms with Crippen molar-refractivity contribution in [1.29, 1.82) is 0 Å². The number of likely N-dealkylation sites (N-methyl/N-ethyl adjacent to an activating group) is 2. The molecule has 3 rings (SSSR count). The molecule has 0 aromatic heterocycles. The van der Waals surface area contributed by atoms with Crippen LogP contribution < -0.4 is 4.74 Å². The second kappa shape index (κ2) is 11.3. The van der Waals surface area contributed by atoms with Gasteiger partial charge < -0.3 is 19.6 Å². The van der Waals surface area contributed by atoms with E-state index < -0.39 is 5.60 Å². The third-order valence-corrected chi connectivity index (χ3v) is 6.11. The van der Waals surface area contributed by atoms with Crippen molar-refractivity contribution in [3.63, 3.8) is 0 Å². The van der Waals surface area contributed by atoms with Crippen molar-refractivity contribution in [2.75, 3.05) is 40.8 Å². The molecule has 4 nitrogen and oxygen atoms in total. The number of hydrogen-bond donors (Lipinski definition) is 1. The van der Waals surface area contributed by atoms with Crippen LogP contribution in [0, 0.1) is 6.92 Å². The highest BCUT2D eigenvalue weighted by molar-refractivity contribution is 5.39. The van der Waals surface area contributed by atoms with E-state index in [4.69, 9.17) is 4.74 Å². The van der Waals surface area contributed by atoms with Crippen molar-refractivity contribution < 1.29 is 9.84 Å². The number of aliphatic hydroxyl groups is 1. The lowest BCUT2D eigenvalue weighted by atomic mass is 9.83. The summed E-state index contributed by atoms with van der Waals surface area (Å²) in [7, 11) is 5.94. The molecule has 0 saturated heterocycles. The molecule has 3 aromatic rings. The molecular formula is C28H36N2O2. The van der Waals surface area contributed by atoms with Crippen molar-refractivity contribution in [3.05, 3.63) is 101 Å².